The van der Waals surface area contributed by atoms with Crippen LogP contribution in [-0.4, -0.2) is 12.1 Å². The monoisotopic (exact) mass is 226 g/mol. The molecule has 0 saturated carbocycles. The Morgan fingerprint density at radius 2 is 2.43 bits per heavy atom. The largest absolute Gasteiger partial charge is 0.222 e. The molecule has 2 nitrogen and oxygen atoms in total. The molecule has 0 fully saturated rings. The molecule has 0 atom stereocenters. The van der Waals surface area contributed by atoms with Crippen molar-refractivity contribution in [3.8, 4) is 0 Å². The van der Waals surface area contributed by atoms with Crippen molar-refractivity contribution in [3.05, 3.63) is 6.08 Å². The maximum Gasteiger partial charge on any atom is 0.0831 e. The minimum atomic E-state index is 1.57. The number of halogens is 1. The third-order valence-electron chi connectivity index (χ3n) is 0.263. The lowest BCUT2D eigenvalue weighted by atomic mass is 10.7. The molecule has 4 heteroatoms. The van der Waals surface area contributed by atoms with Crippen LogP contribution in [0.25, 0.3) is 0 Å². The summed E-state index contributed by atoms with van der Waals surface area (Å²) in [5.41, 5.74) is 0. The lowest BCUT2D eigenvalue weighted by molar-refractivity contribution is 2.03. The zero-order chi connectivity index (χ0) is 5.54. The van der Waals surface area contributed by atoms with E-state index in [9.17, 15) is 0 Å². The SMILES string of the molecule is SN=C=C/C=N\I. The summed E-state index contributed by atoms with van der Waals surface area (Å²) in [6, 6.07) is 0. The Kier molecular flexibility index (Phi) is 6.38. The van der Waals surface area contributed by atoms with Gasteiger partial charge in [-0.05, 0) is 18.7 Å². The van der Waals surface area contributed by atoms with Crippen molar-refractivity contribution in [3.63, 3.8) is 0 Å². The number of nitrogens with zero attached hydrogens (tertiary/aromatic N) is 2. The fourth-order valence-corrected chi connectivity index (χ4v) is 0.322. The van der Waals surface area contributed by atoms with E-state index < -0.39 is 0 Å². The summed E-state index contributed by atoms with van der Waals surface area (Å²) in [5, 5.41) is 0. The Hall–Kier alpha value is 0.200. The van der Waals surface area contributed by atoms with Crippen LogP contribution in [0.5, 0.6) is 0 Å². The van der Waals surface area contributed by atoms with Gasteiger partial charge in [0.1, 0.15) is 0 Å². The van der Waals surface area contributed by atoms with Crippen molar-refractivity contribution < 1.29 is 0 Å². The average Bonchev–Trinajstić information content (AvgIpc) is 1.69. The number of rotatable bonds is 1. The van der Waals surface area contributed by atoms with Crippen LogP contribution in [0.2, 0.25) is 0 Å². The van der Waals surface area contributed by atoms with E-state index in [4.69, 9.17) is 0 Å². The van der Waals surface area contributed by atoms with E-state index in [0.29, 0.717) is 0 Å². The van der Waals surface area contributed by atoms with Gasteiger partial charge in [-0.1, -0.05) is 0 Å². The van der Waals surface area contributed by atoms with E-state index in [1.165, 1.54) is 0 Å². The first-order valence-corrected chi connectivity index (χ1v) is 2.84. The van der Waals surface area contributed by atoms with Crippen molar-refractivity contribution in [2.24, 2.45) is 7.60 Å². The molecule has 0 aromatic carbocycles. The molecular weight excluding hydrogens is 223 g/mol. The van der Waals surface area contributed by atoms with Crippen LogP contribution >= 0.6 is 35.7 Å². The second kappa shape index (κ2) is 6.20. The van der Waals surface area contributed by atoms with Crippen LogP contribution in [0.4, 0.5) is 0 Å². The fourth-order valence-electron chi connectivity index (χ4n) is 0.0948. The Morgan fingerprint density at radius 1 is 1.71 bits per heavy atom. The van der Waals surface area contributed by atoms with Gasteiger partial charge >= 0.3 is 0 Å². The predicted octanol–water partition coefficient (Wildman–Crippen LogP) is 1.48. The second-order valence-corrected chi connectivity index (χ2v) is 1.40. The number of allylic oxidation sites excluding steroid dienone is 1. The summed E-state index contributed by atoms with van der Waals surface area (Å²) in [4.78, 5) is 0. The zero-order valence-corrected chi connectivity index (χ0v) is 6.43. The van der Waals surface area contributed by atoms with Crippen LogP contribution in [0.3, 0.4) is 0 Å². The highest BCUT2D eigenvalue weighted by Crippen LogP contribution is 1.76. The standard InChI is InChI=1S/C3H3IN2S/c4-5-2-1-3-6-7/h1-2,7H/b5-2-. The number of thiol groups is 1. The van der Waals surface area contributed by atoms with Gasteiger partial charge in [0.2, 0.25) is 0 Å². The van der Waals surface area contributed by atoms with Gasteiger partial charge in [-0.2, -0.15) is 4.40 Å². The van der Waals surface area contributed by atoms with E-state index in [2.05, 4.69) is 26.3 Å². The summed E-state index contributed by atoms with van der Waals surface area (Å²) in [5.74, 6) is 2.46. The summed E-state index contributed by atoms with van der Waals surface area (Å²) in [6.45, 7) is 0. The van der Waals surface area contributed by atoms with E-state index in [1.807, 2.05) is 22.9 Å². The van der Waals surface area contributed by atoms with Crippen molar-refractivity contribution >= 4 is 47.8 Å². The van der Waals surface area contributed by atoms with Crippen LogP contribution < -0.4 is 0 Å². The number of hydrogen-bond acceptors (Lipinski definition) is 3. The summed E-state index contributed by atoms with van der Waals surface area (Å²) in [7, 11) is 0. The first-order valence-electron chi connectivity index (χ1n) is 1.47. The molecular formula is C3H3IN2S. The highest BCUT2D eigenvalue weighted by atomic mass is 127. The summed E-state index contributed by atoms with van der Waals surface area (Å²) >= 11 is 5.37. The third-order valence-corrected chi connectivity index (χ3v) is 0.700. The van der Waals surface area contributed by atoms with Crippen molar-refractivity contribution in [1.29, 1.82) is 0 Å². The predicted molar refractivity (Wildman–Crippen MR) is 43.5 cm³/mol. The normalized spacial score (nSPS) is 8.29. The molecule has 0 unspecified atom stereocenters. The smallest absolute Gasteiger partial charge is 0.0831 e. The van der Waals surface area contributed by atoms with Gasteiger partial charge in [0.15, 0.2) is 0 Å². The second-order valence-electron chi connectivity index (χ2n) is 0.642. The molecule has 0 heterocycles. The molecule has 0 aliphatic heterocycles. The first-order chi connectivity index (χ1) is 3.41. The third kappa shape index (κ3) is 6.20. The lowest BCUT2D eigenvalue weighted by Crippen LogP contribution is -1.54. The van der Waals surface area contributed by atoms with Crippen LogP contribution in [-0.2, 0) is 0 Å². The molecule has 0 saturated heterocycles. The van der Waals surface area contributed by atoms with Gasteiger partial charge < -0.3 is 0 Å². The van der Waals surface area contributed by atoms with Gasteiger partial charge in [0, 0.05) is 12.3 Å². The molecule has 0 aliphatic rings. The van der Waals surface area contributed by atoms with Crippen LogP contribution in [0, 0.1) is 0 Å². The summed E-state index contributed by atoms with van der Waals surface area (Å²) < 4.78 is 6.87. The van der Waals surface area contributed by atoms with Gasteiger partial charge in [0.05, 0.1) is 22.9 Å². The maximum atomic E-state index is 3.61. The van der Waals surface area contributed by atoms with Crippen molar-refractivity contribution in [2.45, 2.75) is 0 Å². The van der Waals surface area contributed by atoms with E-state index in [1.54, 1.807) is 12.3 Å². The Labute approximate surface area is 61.5 Å². The zero-order valence-electron chi connectivity index (χ0n) is 3.37. The Balaban J connectivity index is 3.48. The van der Waals surface area contributed by atoms with Gasteiger partial charge in [-0.15, -0.1) is 0 Å². The molecule has 0 aliphatic carbocycles. The molecule has 0 aromatic heterocycles. The van der Waals surface area contributed by atoms with Crippen molar-refractivity contribution in [1.82, 2.24) is 0 Å². The van der Waals surface area contributed by atoms with Gasteiger partial charge in [0.25, 0.3) is 0 Å². The molecule has 0 radical (unpaired) electrons. The van der Waals surface area contributed by atoms with E-state index >= 15 is 0 Å². The molecule has 7 heavy (non-hydrogen) atoms. The topological polar surface area (TPSA) is 24.7 Å². The molecule has 0 amide bonds. The first kappa shape index (κ1) is 7.20. The fraction of sp³-hybridized carbons (Fsp3) is 0. The van der Waals surface area contributed by atoms with Crippen LogP contribution in [0.15, 0.2) is 13.7 Å². The Morgan fingerprint density at radius 3 is 2.86 bits per heavy atom. The van der Waals surface area contributed by atoms with Gasteiger partial charge in [-0.3, -0.25) is 0 Å². The molecule has 0 spiro atoms. The van der Waals surface area contributed by atoms with Gasteiger partial charge in [-0.25, -0.2) is 3.21 Å². The molecule has 0 bridgehead atoms. The highest BCUT2D eigenvalue weighted by molar-refractivity contribution is 14.1. The Bertz CT molecular complexity index is 114. The maximum absolute atomic E-state index is 3.61. The highest BCUT2D eigenvalue weighted by Gasteiger charge is 1.52. The van der Waals surface area contributed by atoms with Crippen molar-refractivity contribution in [2.75, 3.05) is 0 Å². The average molecular weight is 226 g/mol. The van der Waals surface area contributed by atoms with E-state index in [0.717, 1.165) is 0 Å². The van der Waals surface area contributed by atoms with Crippen LogP contribution in [0.1, 0.15) is 0 Å². The number of hydrogen-bond donors (Lipinski definition) is 1. The minimum Gasteiger partial charge on any atom is -0.222 e. The molecule has 0 rings (SSSR count). The molecule has 38 valence electrons. The molecule has 0 N–H and O–H groups in total. The minimum absolute atomic E-state index is 1.57. The lowest BCUT2D eigenvalue weighted by Gasteiger charge is -1.58. The summed E-state index contributed by atoms with van der Waals surface area (Å²) in [6.07, 6.45) is 3.14. The van der Waals surface area contributed by atoms with E-state index in [-0.39, 0.29) is 0 Å². The quantitative estimate of drug-likeness (QED) is 0.398. The molecule has 0 aromatic rings.